The Morgan fingerprint density at radius 3 is 2.74 bits per heavy atom. The predicted molar refractivity (Wildman–Crippen MR) is 75.7 cm³/mol. The zero-order chi connectivity index (χ0) is 13.4. The third-order valence-corrected chi connectivity index (χ3v) is 3.15. The number of hydrogen-bond donors (Lipinski definition) is 2. The molecule has 0 unspecified atom stereocenters. The third kappa shape index (κ3) is 2.08. The van der Waals surface area contributed by atoms with Gasteiger partial charge in [-0.3, -0.25) is 0 Å². The Balaban J connectivity index is 2.08. The van der Waals surface area contributed by atoms with Crippen molar-refractivity contribution >= 4 is 39.7 Å². The first-order valence-electron chi connectivity index (χ1n) is 5.69. The molecule has 0 saturated heterocycles. The van der Waals surface area contributed by atoms with E-state index >= 15 is 0 Å². The van der Waals surface area contributed by atoms with Crippen molar-refractivity contribution in [2.45, 2.75) is 6.92 Å². The largest absolute Gasteiger partial charge is 0.397 e. The molecule has 3 rings (SSSR count). The first kappa shape index (κ1) is 11.8. The summed E-state index contributed by atoms with van der Waals surface area (Å²) in [6, 6.07) is 9.24. The molecule has 0 spiro atoms. The van der Waals surface area contributed by atoms with Crippen LogP contribution in [0.25, 0.3) is 11.0 Å². The summed E-state index contributed by atoms with van der Waals surface area (Å²) in [5.41, 5.74) is 10.2. The Morgan fingerprint density at radius 1 is 1.11 bits per heavy atom. The number of hydrogen-bond acceptors (Lipinski definition) is 5. The number of nitrogen functional groups attached to an aromatic ring is 1. The van der Waals surface area contributed by atoms with E-state index in [1.54, 1.807) is 6.07 Å². The highest BCUT2D eigenvalue weighted by Gasteiger charge is 2.11. The second kappa shape index (κ2) is 4.44. The molecule has 0 radical (unpaired) electrons. The number of nitrogens with zero attached hydrogens (tertiary/aromatic N) is 2. The molecule has 0 aliphatic rings. The topological polar surface area (TPSA) is 77.0 Å². The van der Waals surface area contributed by atoms with Gasteiger partial charge in [-0.05, 0) is 47.1 Å². The van der Waals surface area contributed by atoms with Gasteiger partial charge in [0.05, 0.1) is 11.4 Å². The van der Waals surface area contributed by atoms with Gasteiger partial charge in [0.1, 0.15) is 0 Å². The van der Waals surface area contributed by atoms with Gasteiger partial charge in [-0.2, -0.15) is 0 Å². The number of aryl methyl sites for hydroxylation is 1. The molecule has 0 atom stereocenters. The monoisotopic (exact) mass is 274 g/mol. The highest BCUT2D eigenvalue weighted by molar-refractivity contribution is 6.30. The van der Waals surface area contributed by atoms with E-state index in [4.69, 9.17) is 22.0 Å². The maximum absolute atomic E-state index is 6.00. The molecule has 0 fully saturated rings. The first-order valence-corrected chi connectivity index (χ1v) is 6.07. The fraction of sp³-hybridized carbons (Fsp3) is 0.0769. The summed E-state index contributed by atoms with van der Waals surface area (Å²) in [5, 5.41) is 11.6. The maximum atomic E-state index is 6.00. The molecular weight excluding hydrogens is 264 g/mol. The molecule has 19 heavy (non-hydrogen) atoms. The van der Waals surface area contributed by atoms with Gasteiger partial charge in [-0.25, -0.2) is 4.63 Å². The molecule has 1 heterocycles. The summed E-state index contributed by atoms with van der Waals surface area (Å²) in [5.74, 6) is 0. The standard InChI is InChI=1S/C13H11ClN4O/c1-7-2-3-8(14)6-11(7)16-10-5-4-9(15)12-13(10)18-19-17-12/h2-6,16H,15H2,1H3. The Hall–Kier alpha value is -2.27. The summed E-state index contributed by atoms with van der Waals surface area (Å²) in [4.78, 5) is 0. The molecule has 5 nitrogen and oxygen atoms in total. The lowest BCUT2D eigenvalue weighted by atomic mass is 10.1. The van der Waals surface area contributed by atoms with E-state index in [9.17, 15) is 0 Å². The minimum Gasteiger partial charge on any atom is -0.397 e. The molecule has 1 aromatic heterocycles. The van der Waals surface area contributed by atoms with Crippen LogP contribution in [0.3, 0.4) is 0 Å². The van der Waals surface area contributed by atoms with Gasteiger partial charge in [0.15, 0.2) is 11.0 Å². The predicted octanol–water partition coefficient (Wildman–Crippen LogP) is 3.51. The summed E-state index contributed by atoms with van der Waals surface area (Å²) >= 11 is 6.00. The molecular formula is C13H11ClN4O. The Kier molecular flexibility index (Phi) is 2.76. The zero-order valence-electron chi connectivity index (χ0n) is 10.1. The van der Waals surface area contributed by atoms with Crippen molar-refractivity contribution in [3.8, 4) is 0 Å². The molecule has 0 saturated carbocycles. The van der Waals surface area contributed by atoms with Gasteiger partial charge < -0.3 is 11.1 Å². The number of halogens is 1. The van der Waals surface area contributed by atoms with Crippen molar-refractivity contribution in [1.82, 2.24) is 10.3 Å². The van der Waals surface area contributed by atoms with Crippen LogP contribution in [0.4, 0.5) is 17.1 Å². The third-order valence-electron chi connectivity index (χ3n) is 2.92. The first-order chi connectivity index (χ1) is 9.15. The number of benzene rings is 2. The smallest absolute Gasteiger partial charge is 0.160 e. The fourth-order valence-corrected chi connectivity index (χ4v) is 2.03. The minimum atomic E-state index is 0.532. The van der Waals surface area contributed by atoms with E-state index in [0.29, 0.717) is 21.7 Å². The van der Waals surface area contributed by atoms with E-state index in [1.165, 1.54) is 0 Å². The van der Waals surface area contributed by atoms with Gasteiger partial charge in [0.2, 0.25) is 0 Å². The number of nitrogens with one attached hydrogen (secondary N) is 1. The van der Waals surface area contributed by atoms with Crippen LogP contribution in [0.1, 0.15) is 5.56 Å². The highest BCUT2D eigenvalue weighted by atomic mass is 35.5. The normalized spacial score (nSPS) is 10.8. The van der Waals surface area contributed by atoms with Crippen LogP contribution < -0.4 is 11.1 Å². The number of fused-ring (bicyclic) bond motifs is 1. The summed E-state index contributed by atoms with van der Waals surface area (Å²) in [6.07, 6.45) is 0. The molecule has 0 amide bonds. The van der Waals surface area contributed by atoms with Crippen molar-refractivity contribution in [2.75, 3.05) is 11.1 Å². The average molecular weight is 275 g/mol. The Bertz CT molecular complexity index is 753. The van der Waals surface area contributed by atoms with Gasteiger partial charge >= 0.3 is 0 Å². The van der Waals surface area contributed by atoms with Gasteiger partial charge in [-0.15, -0.1) is 0 Å². The van der Waals surface area contributed by atoms with Gasteiger partial charge in [0.25, 0.3) is 0 Å². The summed E-state index contributed by atoms with van der Waals surface area (Å²) in [7, 11) is 0. The molecule has 3 aromatic rings. The number of rotatable bonds is 2. The Morgan fingerprint density at radius 2 is 1.89 bits per heavy atom. The van der Waals surface area contributed by atoms with E-state index in [0.717, 1.165) is 16.9 Å². The van der Waals surface area contributed by atoms with Crippen molar-refractivity contribution < 1.29 is 4.63 Å². The van der Waals surface area contributed by atoms with Gasteiger partial charge in [-0.1, -0.05) is 17.7 Å². The summed E-state index contributed by atoms with van der Waals surface area (Å²) < 4.78 is 4.73. The van der Waals surface area contributed by atoms with Crippen LogP contribution in [0.2, 0.25) is 5.02 Å². The average Bonchev–Trinajstić information content (AvgIpc) is 2.87. The summed E-state index contributed by atoms with van der Waals surface area (Å²) in [6.45, 7) is 1.99. The number of anilines is 3. The molecule has 0 aliphatic heterocycles. The number of aromatic nitrogens is 2. The second-order valence-electron chi connectivity index (χ2n) is 4.25. The minimum absolute atomic E-state index is 0.532. The van der Waals surface area contributed by atoms with Crippen molar-refractivity contribution in [1.29, 1.82) is 0 Å². The molecule has 0 aliphatic carbocycles. The van der Waals surface area contributed by atoms with Crippen LogP contribution in [-0.4, -0.2) is 10.3 Å². The quantitative estimate of drug-likeness (QED) is 0.699. The SMILES string of the molecule is Cc1ccc(Cl)cc1Nc1ccc(N)c2nonc12. The van der Waals surface area contributed by atoms with Crippen molar-refractivity contribution in [3.63, 3.8) is 0 Å². The molecule has 3 N–H and O–H groups in total. The van der Waals surface area contributed by atoms with Crippen molar-refractivity contribution in [3.05, 3.63) is 40.9 Å². The van der Waals surface area contributed by atoms with Crippen molar-refractivity contribution in [2.24, 2.45) is 0 Å². The number of nitrogens with two attached hydrogens (primary N) is 1. The molecule has 6 heteroatoms. The van der Waals surface area contributed by atoms with Crippen LogP contribution in [0.5, 0.6) is 0 Å². The van der Waals surface area contributed by atoms with E-state index in [-0.39, 0.29) is 0 Å². The molecule has 0 bridgehead atoms. The fourth-order valence-electron chi connectivity index (χ4n) is 1.86. The van der Waals surface area contributed by atoms with Crippen LogP contribution in [-0.2, 0) is 0 Å². The van der Waals surface area contributed by atoms with E-state index < -0.39 is 0 Å². The Labute approximate surface area is 114 Å². The molecule has 96 valence electrons. The second-order valence-corrected chi connectivity index (χ2v) is 4.68. The molecule has 2 aromatic carbocycles. The van der Waals surface area contributed by atoms with Crippen LogP contribution in [0, 0.1) is 6.92 Å². The van der Waals surface area contributed by atoms with Crippen LogP contribution >= 0.6 is 11.6 Å². The van der Waals surface area contributed by atoms with Gasteiger partial charge in [0, 0.05) is 10.7 Å². The lowest BCUT2D eigenvalue weighted by Crippen LogP contribution is -1.96. The van der Waals surface area contributed by atoms with E-state index in [1.807, 2.05) is 31.2 Å². The van der Waals surface area contributed by atoms with E-state index in [2.05, 4.69) is 15.6 Å². The lowest BCUT2D eigenvalue weighted by molar-refractivity contribution is 0.316. The highest BCUT2D eigenvalue weighted by Crippen LogP contribution is 2.30. The van der Waals surface area contributed by atoms with Crippen LogP contribution in [0.15, 0.2) is 35.0 Å². The lowest BCUT2D eigenvalue weighted by Gasteiger charge is -2.10. The zero-order valence-corrected chi connectivity index (χ0v) is 10.9. The maximum Gasteiger partial charge on any atom is 0.160 e.